The normalized spacial score (nSPS) is 12.2. The van der Waals surface area contributed by atoms with Crippen molar-refractivity contribution in [2.24, 2.45) is 0 Å². The second-order valence-corrected chi connectivity index (χ2v) is 6.69. The van der Waals surface area contributed by atoms with Crippen molar-refractivity contribution in [1.82, 2.24) is 4.90 Å². The monoisotopic (exact) mass is 381 g/mol. The number of ketones is 1. The average molecular weight is 382 g/mol. The van der Waals surface area contributed by atoms with E-state index in [0.29, 0.717) is 34.3 Å². The molecule has 0 heterocycles. The van der Waals surface area contributed by atoms with Gasteiger partial charge in [-0.05, 0) is 42.9 Å². The van der Waals surface area contributed by atoms with Gasteiger partial charge in [-0.15, -0.1) is 0 Å². The molecule has 2 aromatic carbocycles. The van der Waals surface area contributed by atoms with Crippen LogP contribution in [0.2, 0.25) is 10.0 Å². The minimum absolute atomic E-state index is 0.0937. The molecule has 0 bridgehead atoms. The van der Waals surface area contributed by atoms with Crippen LogP contribution in [0.25, 0.3) is 0 Å². The summed E-state index contributed by atoms with van der Waals surface area (Å²) in [6.45, 7) is 2.61. The van der Waals surface area contributed by atoms with Crippen molar-refractivity contribution < 1.29 is 14.6 Å². The van der Waals surface area contributed by atoms with E-state index in [1.165, 1.54) is 0 Å². The fraction of sp³-hybridized carbons (Fsp3) is 0.316. The summed E-state index contributed by atoms with van der Waals surface area (Å²) >= 11 is 12.0. The van der Waals surface area contributed by atoms with Crippen molar-refractivity contribution >= 4 is 29.0 Å². The Labute approximate surface area is 157 Å². The van der Waals surface area contributed by atoms with E-state index in [0.717, 1.165) is 5.56 Å². The van der Waals surface area contributed by atoms with Gasteiger partial charge in [0.15, 0.2) is 12.1 Å². The molecular formula is C19H21Cl2NO3. The van der Waals surface area contributed by atoms with Crippen LogP contribution < -0.4 is 4.74 Å². The Balaban J connectivity index is 2.00. The van der Waals surface area contributed by atoms with Crippen LogP contribution in [0.15, 0.2) is 42.5 Å². The lowest BCUT2D eigenvalue weighted by molar-refractivity contribution is -0.0191. The van der Waals surface area contributed by atoms with Crippen molar-refractivity contribution in [2.75, 3.05) is 13.6 Å². The number of ether oxygens (including phenoxy) is 1. The Hall–Kier alpha value is -1.59. The van der Waals surface area contributed by atoms with Gasteiger partial charge in [0, 0.05) is 23.6 Å². The molecule has 0 aliphatic carbocycles. The largest absolute Gasteiger partial charge is 0.465 e. The third-order valence-corrected chi connectivity index (χ3v) is 4.18. The summed E-state index contributed by atoms with van der Waals surface area (Å²) in [5.74, 6) is 0.508. The highest BCUT2D eigenvalue weighted by molar-refractivity contribution is 6.36. The van der Waals surface area contributed by atoms with Gasteiger partial charge < -0.3 is 9.84 Å². The Morgan fingerprint density at radius 3 is 2.72 bits per heavy atom. The van der Waals surface area contributed by atoms with E-state index in [-0.39, 0.29) is 12.3 Å². The van der Waals surface area contributed by atoms with Crippen LogP contribution >= 0.6 is 23.2 Å². The van der Waals surface area contributed by atoms with Gasteiger partial charge in [0.25, 0.3) is 0 Å². The molecule has 134 valence electrons. The van der Waals surface area contributed by atoms with Gasteiger partial charge in [0.2, 0.25) is 0 Å². The molecule has 2 aromatic rings. The lowest BCUT2D eigenvalue weighted by Crippen LogP contribution is -2.25. The predicted octanol–water partition coefficient (Wildman–Crippen LogP) is 4.42. The van der Waals surface area contributed by atoms with Gasteiger partial charge in [-0.25, -0.2) is 0 Å². The van der Waals surface area contributed by atoms with E-state index in [1.54, 1.807) is 24.3 Å². The fourth-order valence-corrected chi connectivity index (χ4v) is 2.76. The third kappa shape index (κ3) is 6.01. The molecule has 0 aromatic heterocycles. The zero-order valence-corrected chi connectivity index (χ0v) is 15.7. The van der Waals surface area contributed by atoms with Crippen LogP contribution in [0.1, 0.15) is 29.3 Å². The van der Waals surface area contributed by atoms with Gasteiger partial charge in [-0.3, -0.25) is 9.69 Å². The molecule has 0 aliphatic heterocycles. The molecule has 25 heavy (non-hydrogen) atoms. The zero-order chi connectivity index (χ0) is 18.4. The summed E-state index contributed by atoms with van der Waals surface area (Å²) in [7, 11) is 1.85. The Kier molecular flexibility index (Phi) is 7.26. The number of rotatable bonds is 8. The van der Waals surface area contributed by atoms with E-state index >= 15 is 0 Å². The van der Waals surface area contributed by atoms with Gasteiger partial charge in [-0.2, -0.15) is 0 Å². The Morgan fingerprint density at radius 1 is 1.24 bits per heavy atom. The number of aliphatic hydroxyl groups excluding tert-OH is 1. The van der Waals surface area contributed by atoms with E-state index in [9.17, 15) is 9.90 Å². The molecule has 0 saturated heterocycles. The number of likely N-dealkylation sites (N-methyl/N-ethyl adjacent to an activating group) is 1. The van der Waals surface area contributed by atoms with Gasteiger partial charge >= 0.3 is 0 Å². The minimum atomic E-state index is -0.820. The number of nitrogens with zero attached hydrogens (tertiary/aromatic N) is 1. The van der Waals surface area contributed by atoms with E-state index in [1.807, 2.05) is 37.1 Å². The standard InChI is InChI=1S/C19H21Cl2NO3/c1-3-19(24)25-15-6-4-5-13(9-15)11-22(2)12-18(23)16-10-14(20)7-8-17(16)21/h4-10,19,24H,3,11-12H2,1-2H3. The smallest absolute Gasteiger partial charge is 0.197 e. The summed E-state index contributed by atoms with van der Waals surface area (Å²) in [4.78, 5) is 14.3. The fourth-order valence-electron chi connectivity index (χ4n) is 2.37. The lowest BCUT2D eigenvalue weighted by atomic mass is 10.1. The number of hydrogen-bond donors (Lipinski definition) is 1. The molecule has 0 fully saturated rings. The molecular weight excluding hydrogens is 361 g/mol. The van der Waals surface area contributed by atoms with Crippen LogP contribution in [-0.4, -0.2) is 35.7 Å². The van der Waals surface area contributed by atoms with Gasteiger partial charge in [0.1, 0.15) is 5.75 Å². The van der Waals surface area contributed by atoms with Crippen LogP contribution in [0, 0.1) is 0 Å². The number of aliphatic hydroxyl groups is 1. The summed E-state index contributed by atoms with van der Waals surface area (Å²) in [5.41, 5.74) is 1.40. The first-order valence-electron chi connectivity index (χ1n) is 7.99. The molecule has 6 heteroatoms. The molecule has 0 spiro atoms. The summed E-state index contributed by atoms with van der Waals surface area (Å²) in [5, 5.41) is 10.5. The number of carbonyl (C=O) groups excluding carboxylic acids is 1. The summed E-state index contributed by atoms with van der Waals surface area (Å²) < 4.78 is 5.40. The lowest BCUT2D eigenvalue weighted by Gasteiger charge is -2.17. The van der Waals surface area contributed by atoms with Gasteiger partial charge in [-0.1, -0.05) is 42.3 Å². The van der Waals surface area contributed by atoms with Gasteiger partial charge in [0.05, 0.1) is 11.6 Å². The third-order valence-electron chi connectivity index (χ3n) is 3.61. The average Bonchev–Trinajstić information content (AvgIpc) is 2.57. The Morgan fingerprint density at radius 2 is 2.00 bits per heavy atom. The van der Waals surface area contributed by atoms with E-state index < -0.39 is 6.29 Å². The van der Waals surface area contributed by atoms with E-state index in [2.05, 4.69) is 0 Å². The SMILES string of the molecule is CCC(O)Oc1cccc(CN(C)CC(=O)c2cc(Cl)ccc2Cl)c1. The van der Waals surface area contributed by atoms with Crippen LogP contribution in [-0.2, 0) is 6.54 Å². The first-order valence-corrected chi connectivity index (χ1v) is 8.75. The zero-order valence-electron chi connectivity index (χ0n) is 14.2. The van der Waals surface area contributed by atoms with Crippen LogP contribution in [0.4, 0.5) is 0 Å². The molecule has 1 N–H and O–H groups in total. The first-order chi connectivity index (χ1) is 11.9. The number of Topliss-reactive ketones (excluding diaryl/α,β-unsaturated/α-hetero) is 1. The topological polar surface area (TPSA) is 49.8 Å². The van der Waals surface area contributed by atoms with Crippen molar-refractivity contribution in [3.8, 4) is 5.75 Å². The molecule has 0 aliphatic rings. The summed E-state index contributed by atoms with van der Waals surface area (Å²) in [6, 6.07) is 12.3. The maximum atomic E-state index is 12.4. The number of benzene rings is 2. The highest BCUT2D eigenvalue weighted by Gasteiger charge is 2.14. The van der Waals surface area contributed by atoms with Crippen molar-refractivity contribution in [2.45, 2.75) is 26.2 Å². The predicted molar refractivity (Wildman–Crippen MR) is 100 cm³/mol. The number of hydrogen-bond acceptors (Lipinski definition) is 4. The highest BCUT2D eigenvalue weighted by atomic mass is 35.5. The second-order valence-electron chi connectivity index (χ2n) is 5.85. The quantitative estimate of drug-likeness (QED) is 0.543. The maximum Gasteiger partial charge on any atom is 0.197 e. The highest BCUT2D eigenvalue weighted by Crippen LogP contribution is 2.22. The molecule has 1 unspecified atom stereocenters. The second kappa shape index (κ2) is 9.20. The van der Waals surface area contributed by atoms with Crippen molar-refractivity contribution in [1.29, 1.82) is 0 Å². The van der Waals surface area contributed by atoms with Crippen molar-refractivity contribution in [3.63, 3.8) is 0 Å². The van der Waals surface area contributed by atoms with E-state index in [4.69, 9.17) is 27.9 Å². The first kappa shape index (κ1) is 19.7. The molecule has 2 rings (SSSR count). The van der Waals surface area contributed by atoms with Crippen LogP contribution in [0.3, 0.4) is 0 Å². The molecule has 4 nitrogen and oxygen atoms in total. The molecule has 1 atom stereocenters. The molecule has 0 saturated carbocycles. The molecule has 0 amide bonds. The summed E-state index contributed by atoms with van der Waals surface area (Å²) in [6.07, 6.45) is -0.307. The number of halogens is 2. The van der Waals surface area contributed by atoms with Crippen LogP contribution in [0.5, 0.6) is 5.75 Å². The number of carbonyl (C=O) groups is 1. The molecule has 0 radical (unpaired) electrons. The Bertz CT molecular complexity index is 736. The minimum Gasteiger partial charge on any atom is -0.465 e. The maximum absolute atomic E-state index is 12.4. The van der Waals surface area contributed by atoms with Crippen molar-refractivity contribution in [3.05, 3.63) is 63.6 Å².